The molecule has 1 heterocycles. The number of carbonyl (C=O) groups is 1. The summed E-state index contributed by atoms with van der Waals surface area (Å²) < 4.78 is 7.44. The van der Waals surface area contributed by atoms with Gasteiger partial charge in [-0.05, 0) is 47.0 Å². The van der Waals surface area contributed by atoms with Gasteiger partial charge in [0, 0.05) is 12.6 Å². The summed E-state index contributed by atoms with van der Waals surface area (Å²) in [6.45, 7) is 3.95. The van der Waals surface area contributed by atoms with Crippen molar-refractivity contribution in [2.75, 3.05) is 7.11 Å². The van der Waals surface area contributed by atoms with Crippen molar-refractivity contribution in [1.82, 2.24) is 9.78 Å². The fourth-order valence-electron chi connectivity index (χ4n) is 2.30. The highest BCUT2D eigenvalue weighted by atomic mass is 79.9. The lowest BCUT2D eigenvalue weighted by Gasteiger charge is -2.13. The largest absolute Gasteiger partial charge is 0.496 e. The van der Waals surface area contributed by atoms with Gasteiger partial charge < -0.3 is 9.84 Å². The molecule has 0 aliphatic carbocycles. The highest BCUT2D eigenvalue weighted by Gasteiger charge is 2.23. The summed E-state index contributed by atoms with van der Waals surface area (Å²) in [5.41, 5.74) is 3.61. The summed E-state index contributed by atoms with van der Waals surface area (Å²) in [6, 6.07) is 3.94. The van der Waals surface area contributed by atoms with Crippen molar-refractivity contribution in [2.45, 2.75) is 13.8 Å². The molecule has 6 heteroatoms. The van der Waals surface area contributed by atoms with Crippen LogP contribution in [0, 0.1) is 13.8 Å². The first kappa shape index (κ1) is 14.6. The summed E-state index contributed by atoms with van der Waals surface area (Å²) >= 11 is 3.34. The van der Waals surface area contributed by atoms with Gasteiger partial charge in [0.05, 0.1) is 17.3 Å². The van der Waals surface area contributed by atoms with Crippen LogP contribution < -0.4 is 4.74 Å². The number of nitrogens with zero attached hydrogens (tertiary/aromatic N) is 2. The molecule has 106 valence electrons. The van der Waals surface area contributed by atoms with Crippen molar-refractivity contribution in [2.24, 2.45) is 7.05 Å². The van der Waals surface area contributed by atoms with Gasteiger partial charge >= 0.3 is 5.97 Å². The summed E-state index contributed by atoms with van der Waals surface area (Å²) in [6.07, 6.45) is 0. The lowest BCUT2D eigenvalue weighted by atomic mass is 10.0. The number of aryl methyl sites for hydroxylation is 3. The first-order valence-electron chi connectivity index (χ1n) is 5.98. The number of halogens is 1. The lowest BCUT2D eigenvalue weighted by molar-refractivity contribution is 0.0688. The molecule has 0 amide bonds. The number of rotatable bonds is 3. The molecule has 0 aliphatic rings. The molecular weight excluding hydrogens is 324 g/mol. The van der Waals surface area contributed by atoms with E-state index in [4.69, 9.17) is 9.84 Å². The van der Waals surface area contributed by atoms with E-state index in [1.54, 1.807) is 18.8 Å². The van der Waals surface area contributed by atoms with Crippen LogP contribution in [0.4, 0.5) is 0 Å². The maximum atomic E-state index is 11.2. The Morgan fingerprint density at radius 3 is 2.55 bits per heavy atom. The molecule has 0 fully saturated rings. The van der Waals surface area contributed by atoms with Gasteiger partial charge in [0.15, 0.2) is 5.69 Å². The normalized spacial score (nSPS) is 10.7. The molecule has 0 bridgehead atoms. The third-order valence-corrected chi connectivity index (χ3v) is 3.84. The molecule has 1 aromatic heterocycles. The van der Waals surface area contributed by atoms with Gasteiger partial charge in [-0.2, -0.15) is 5.10 Å². The van der Waals surface area contributed by atoms with Crippen molar-refractivity contribution >= 4 is 21.9 Å². The summed E-state index contributed by atoms with van der Waals surface area (Å²) in [4.78, 5) is 11.2. The second-order valence-electron chi connectivity index (χ2n) is 4.60. The van der Waals surface area contributed by atoms with Gasteiger partial charge in [-0.15, -0.1) is 0 Å². The Balaban J connectivity index is 2.78. The van der Waals surface area contributed by atoms with Crippen molar-refractivity contribution in [3.05, 3.63) is 33.4 Å². The van der Waals surface area contributed by atoms with Crippen molar-refractivity contribution in [3.8, 4) is 17.0 Å². The number of benzene rings is 1. The van der Waals surface area contributed by atoms with Crippen LogP contribution in [0.15, 0.2) is 16.6 Å². The van der Waals surface area contributed by atoms with Crippen LogP contribution >= 0.6 is 15.9 Å². The Kier molecular flexibility index (Phi) is 3.85. The zero-order chi connectivity index (χ0) is 15.0. The first-order chi connectivity index (χ1) is 9.36. The molecule has 1 aromatic carbocycles. The average Bonchev–Trinajstić information content (AvgIpc) is 2.65. The zero-order valence-electron chi connectivity index (χ0n) is 11.7. The fraction of sp³-hybridized carbons (Fsp3) is 0.286. The number of hydrogen-bond acceptors (Lipinski definition) is 3. The predicted octanol–water partition coefficient (Wildman–Crippen LogP) is 3.17. The van der Waals surface area contributed by atoms with Gasteiger partial charge in [0.2, 0.25) is 0 Å². The summed E-state index contributed by atoms with van der Waals surface area (Å²) in [5.74, 6) is -0.370. The van der Waals surface area contributed by atoms with Crippen LogP contribution in [0.25, 0.3) is 11.3 Å². The molecular formula is C14H15BrN2O3. The molecule has 0 unspecified atom stereocenters. The van der Waals surface area contributed by atoms with E-state index < -0.39 is 5.97 Å². The number of aromatic carboxylic acids is 1. The quantitative estimate of drug-likeness (QED) is 0.933. The number of aromatic nitrogens is 2. The van der Waals surface area contributed by atoms with E-state index in [1.807, 2.05) is 26.0 Å². The standard InChI is InChI=1S/C14H15BrN2O3/c1-7-5-8(2)10(9(6-7)20-4)13-11(15)12(14(18)19)16-17(13)3/h5-6H,1-4H3,(H,18,19). The third kappa shape index (κ3) is 2.31. The Morgan fingerprint density at radius 2 is 2.05 bits per heavy atom. The second-order valence-corrected chi connectivity index (χ2v) is 5.39. The molecule has 0 aliphatic heterocycles. The second kappa shape index (κ2) is 5.28. The monoisotopic (exact) mass is 338 g/mol. The van der Waals surface area contributed by atoms with E-state index in [9.17, 15) is 4.79 Å². The molecule has 0 saturated carbocycles. The van der Waals surface area contributed by atoms with Crippen molar-refractivity contribution in [3.63, 3.8) is 0 Å². The van der Waals surface area contributed by atoms with Crippen LogP contribution in [-0.4, -0.2) is 28.0 Å². The van der Waals surface area contributed by atoms with E-state index in [1.165, 1.54) is 0 Å². The van der Waals surface area contributed by atoms with Crippen molar-refractivity contribution < 1.29 is 14.6 Å². The molecule has 2 rings (SSSR count). The maximum Gasteiger partial charge on any atom is 0.357 e. The van der Waals surface area contributed by atoms with E-state index in [0.29, 0.717) is 15.9 Å². The van der Waals surface area contributed by atoms with Crippen LogP contribution in [0.1, 0.15) is 21.6 Å². The van der Waals surface area contributed by atoms with Crippen molar-refractivity contribution in [1.29, 1.82) is 0 Å². The Hall–Kier alpha value is -1.82. The molecule has 0 radical (unpaired) electrons. The molecule has 0 atom stereocenters. The zero-order valence-corrected chi connectivity index (χ0v) is 13.3. The number of hydrogen-bond donors (Lipinski definition) is 1. The number of ether oxygens (including phenoxy) is 1. The van der Waals surface area contributed by atoms with Crippen LogP contribution in [0.5, 0.6) is 5.75 Å². The molecule has 1 N–H and O–H groups in total. The highest BCUT2D eigenvalue weighted by Crippen LogP contribution is 2.39. The summed E-state index contributed by atoms with van der Waals surface area (Å²) in [7, 11) is 3.31. The van der Waals surface area contributed by atoms with E-state index >= 15 is 0 Å². The predicted molar refractivity (Wildman–Crippen MR) is 79.3 cm³/mol. The van der Waals surface area contributed by atoms with Crippen LogP contribution in [0.2, 0.25) is 0 Å². The SMILES string of the molecule is COc1cc(C)cc(C)c1-c1c(Br)c(C(=O)O)nn1C. The molecule has 0 spiro atoms. The minimum Gasteiger partial charge on any atom is -0.496 e. The minimum absolute atomic E-state index is 0.00970. The van der Waals surface area contributed by atoms with Gasteiger partial charge in [-0.25, -0.2) is 4.79 Å². The molecule has 20 heavy (non-hydrogen) atoms. The Morgan fingerprint density at radius 1 is 1.40 bits per heavy atom. The third-order valence-electron chi connectivity index (χ3n) is 3.09. The van der Waals surface area contributed by atoms with Gasteiger partial charge in [0.25, 0.3) is 0 Å². The van der Waals surface area contributed by atoms with Gasteiger partial charge in [0.1, 0.15) is 5.75 Å². The maximum absolute atomic E-state index is 11.2. The van der Waals surface area contributed by atoms with E-state index in [0.717, 1.165) is 16.7 Å². The average molecular weight is 339 g/mol. The highest BCUT2D eigenvalue weighted by molar-refractivity contribution is 9.10. The first-order valence-corrected chi connectivity index (χ1v) is 6.77. The topological polar surface area (TPSA) is 64.3 Å². The fourth-order valence-corrected chi connectivity index (χ4v) is 3.00. The van der Waals surface area contributed by atoms with E-state index in [2.05, 4.69) is 21.0 Å². The summed E-state index contributed by atoms with van der Waals surface area (Å²) in [5, 5.41) is 13.2. The van der Waals surface area contributed by atoms with Crippen LogP contribution in [0.3, 0.4) is 0 Å². The Labute approximate surface area is 125 Å². The Bertz CT molecular complexity index is 692. The number of methoxy groups -OCH3 is 1. The van der Waals surface area contributed by atoms with Crippen LogP contribution in [-0.2, 0) is 7.05 Å². The molecule has 5 nitrogen and oxygen atoms in total. The smallest absolute Gasteiger partial charge is 0.357 e. The molecule has 2 aromatic rings. The number of carboxylic acid groups (broad SMARTS) is 1. The van der Waals surface area contributed by atoms with E-state index in [-0.39, 0.29) is 5.69 Å². The van der Waals surface area contributed by atoms with Gasteiger partial charge in [-0.3, -0.25) is 4.68 Å². The minimum atomic E-state index is -1.07. The van der Waals surface area contributed by atoms with Gasteiger partial charge in [-0.1, -0.05) is 6.07 Å². The lowest BCUT2D eigenvalue weighted by Crippen LogP contribution is -2.00. The molecule has 0 saturated heterocycles. The number of carboxylic acids is 1.